The number of carbonyl (C=O) groups is 1. The maximum Gasteiger partial charge on any atom is 0.258 e. The van der Waals surface area contributed by atoms with Crippen LogP contribution in [0, 0.1) is 11.6 Å². The summed E-state index contributed by atoms with van der Waals surface area (Å²) in [6, 6.07) is 7.51. The van der Waals surface area contributed by atoms with Crippen LogP contribution >= 0.6 is 22.9 Å². The van der Waals surface area contributed by atoms with Gasteiger partial charge in [0.05, 0.1) is 16.9 Å². The summed E-state index contributed by atoms with van der Waals surface area (Å²) in [4.78, 5) is 18.6. The van der Waals surface area contributed by atoms with Crippen LogP contribution in [-0.2, 0) is 6.61 Å². The van der Waals surface area contributed by atoms with E-state index in [1.807, 2.05) is 24.8 Å². The van der Waals surface area contributed by atoms with Gasteiger partial charge in [-0.15, -0.1) is 11.3 Å². The Kier molecular flexibility index (Phi) is 7.00. The van der Waals surface area contributed by atoms with Gasteiger partial charge in [0.15, 0.2) is 11.6 Å². The molecule has 3 aromatic rings. The van der Waals surface area contributed by atoms with Gasteiger partial charge in [-0.3, -0.25) is 9.69 Å². The SMILES string of the molecule is CCN(CC)CNC(=O)c1c(F)ccc(OCc2nc3cc(Cl)ccc3s2)c1F. The third-order valence-electron chi connectivity index (χ3n) is 4.39. The van der Waals surface area contributed by atoms with Crippen molar-refractivity contribution in [2.45, 2.75) is 20.5 Å². The van der Waals surface area contributed by atoms with Crippen molar-refractivity contribution in [1.82, 2.24) is 15.2 Å². The van der Waals surface area contributed by atoms with E-state index in [9.17, 15) is 13.6 Å². The summed E-state index contributed by atoms with van der Waals surface area (Å²) in [6.07, 6.45) is 0. The Morgan fingerprint density at radius 3 is 2.72 bits per heavy atom. The Hall–Kier alpha value is -2.29. The van der Waals surface area contributed by atoms with Gasteiger partial charge in [0.2, 0.25) is 0 Å². The van der Waals surface area contributed by atoms with Gasteiger partial charge in [0.1, 0.15) is 23.0 Å². The molecule has 0 bridgehead atoms. The summed E-state index contributed by atoms with van der Waals surface area (Å²) >= 11 is 7.34. The first kappa shape index (κ1) is 21.4. The van der Waals surface area contributed by atoms with Gasteiger partial charge in [0, 0.05) is 5.02 Å². The van der Waals surface area contributed by atoms with E-state index in [4.69, 9.17) is 16.3 Å². The van der Waals surface area contributed by atoms with Crippen molar-refractivity contribution < 1.29 is 18.3 Å². The van der Waals surface area contributed by atoms with E-state index >= 15 is 0 Å². The average molecular weight is 440 g/mol. The minimum atomic E-state index is -1.04. The lowest BCUT2D eigenvalue weighted by Gasteiger charge is -2.19. The van der Waals surface area contributed by atoms with Crippen LogP contribution in [0.2, 0.25) is 5.02 Å². The van der Waals surface area contributed by atoms with Crippen LogP contribution in [0.1, 0.15) is 29.2 Å². The Morgan fingerprint density at radius 1 is 1.24 bits per heavy atom. The number of hydrogen-bond acceptors (Lipinski definition) is 5. The first-order chi connectivity index (χ1) is 13.9. The second-order valence-corrected chi connectivity index (χ2v) is 7.76. The number of carbonyl (C=O) groups excluding carboxylic acids is 1. The molecule has 1 heterocycles. The monoisotopic (exact) mass is 439 g/mol. The maximum absolute atomic E-state index is 14.8. The fourth-order valence-electron chi connectivity index (χ4n) is 2.72. The number of nitrogens with zero attached hydrogens (tertiary/aromatic N) is 2. The molecule has 0 aliphatic heterocycles. The van der Waals surface area contributed by atoms with Crippen molar-refractivity contribution in [3.8, 4) is 5.75 Å². The van der Waals surface area contributed by atoms with Crippen LogP contribution in [0.5, 0.6) is 5.75 Å². The molecule has 154 valence electrons. The van der Waals surface area contributed by atoms with Gasteiger partial charge in [0.25, 0.3) is 5.91 Å². The van der Waals surface area contributed by atoms with Crippen molar-refractivity contribution in [1.29, 1.82) is 0 Å². The first-order valence-electron chi connectivity index (χ1n) is 9.09. The van der Waals surface area contributed by atoms with Gasteiger partial charge in [-0.25, -0.2) is 13.8 Å². The standard InChI is InChI=1S/C20H20ClF2N3O2S/c1-3-26(4-2)11-24-20(27)18-13(22)6-7-15(19(18)23)28-10-17-25-14-9-12(21)5-8-16(14)29-17/h5-9H,3-4,10-11H2,1-2H3,(H,24,27). The predicted octanol–water partition coefficient (Wildman–Crippen LogP) is 4.84. The molecule has 0 fully saturated rings. The normalized spacial score (nSPS) is 11.2. The molecule has 3 rings (SSSR count). The highest BCUT2D eigenvalue weighted by Gasteiger charge is 2.22. The summed E-state index contributed by atoms with van der Waals surface area (Å²) in [5.41, 5.74) is 0.0582. The zero-order valence-corrected chi connectivity index (χ0v) is 17.5. The van der Waals surface area contributed by atoms with Crippen LogP contribution in [-0.4, -0.2) is 35.5 Å². The summed E-state index contributed by atoms with van der Waals surface area (Å²) in [6.45, 7) is 5.46. The van der Waals surface area contributed by atoms with E-state index in [2.05, 4.69) is 10.3 Å². The minimum absolute atomic E-state index is 0.0139. The molecule has 0 saturated carbocycles. The van der Waals surface area contributed by atoms with E-state index in [0.29, 0.717) is 23.1 Å². The van der Waals surface area contributed by atoms with E-state index < -0.39 is 23.1 Å². The van der Waals surface area contributed by atoms with Crippen molar-refractivity contribution in [2.24, 2.45) is 0 Å². The third kappa shape index (κ3) is 5.01. The number of amides is 1. The molecule has 1 N–H and O–H groups in total. The number of thiazole rings is 1. The number of benzene rings is 2. The van der Waals surface area contributed by atoms with Gasteiger partial charge in [-0.1, -0.05) is 25.4 Å². The van der Waals surface area contributed by atoms with Crippen molar-refractivity contribution in [2.75, 3.05) is 19.8 Å². The van der Waals surface area contributed by atoms with Crippen LogP contribution in [0.3, 0.4) is 0 Å². The van der Waals surface area contributed by atoms with Crippen LogP contribution in [0.15, 0.2) is 30.3 Å². The summed E-state index contributed by atoms with van der Waals surface area (Å²) < 4.78 is 35.3. The second-order valence-electron chi connectivity index (χ2n) is 6.21. The van der Waals surface area contributed by atoms with Crippen molar-refractivity contribution in [3.05, 3.63) is 57.6 Å². The zero-order valence-electron chi connectivity index (χ0n) is 16.0. The smallest absolute Gasteiger partial charge is 0.258 e. The van der Waals surface area contributed by atoms with E-state index in [0.717, 1.165) is 22.3 Å². The average Bonchev–Trinajstić information content (AvgIpc) is 3.10. The second kappa shape index (κ2) is 9.47. The lowest BCUT2D eigenvalue weighted by atomic mass is 10.1. The number of fused-ring (bicyclic) bond motifs is 1. The van der Waals surface area contributed by atoms with Gasteiger partial charge < -0.3 is 10.1 Å². The highest BCUT2D eigenvalue weighted by Crippen LogP contribution is 2.28. The predicted molar refractivity (Wildman–Crippen MR) is 111 cm³/mol. The molecule has 1 aromatic heterocycles. The van der Waals surface area contributed by atoms with Gasteiger partial charge in [-0.2, -0.15) is 0 Å². The molecular formula is C20H20ClF2N3O2S. The highest BCUT2D eigenvalue weighted by atomic mass is 35.5. The molecule has 0 aliphatic rings. The number of halogens is 3. The fraction of sp³-hybridized carbons (Fsp3) is 0.300. The van der Waals surface area contributed by atoms with Crippen molar-refractivity contribution >= 4 is 39.1 Å². The van der Waals surface area contributed by atoms with Gasteiger partial charge in [-0.05, 0) is 43.4 Å². The molecule has 0 spiro atoms. The molecule has 0 atom stereocenters. The van der Waals surface area contributed by atoms with Crippen molar-refractivity contribution in [3.63, 3.8) is 0 Å². The summed E-state index contributed by atoms with van der Waals surface area (Å²) in [7, 11) is 0. The summed E-state index contributed by atoms with van der Waals surface area (Å²) in [5.74, 6) is -3.02. The number of nitrogens with one attached hydrogen (secondary N) is 1. The topological polar surface area (TPSA) is 54.5 Å². The molecule has 0 unspecified atom stereocenters. The quantitative estimate of drug-likeness (QED) is 0.510. The number of ether oxygens (including phenoxy) is 1. The van der Waals surface area contributed by atoms with Crippen LogP contribution < -0.4 is 10.1 Å². The largest absolute Gasteiger partial charge is 0.483 e. The molecule has 2 aromatic carbocycles. The molecule has 0 saturated heterocycles. The number of rotatable bonds is 8. The molecule has 9 heteroatoms. The molecular weight excluding hydrogens is 420 g/mol. The lowest BCUT2D eigenvalue weighted by Crippen LogP contribution is -2.38. The van der Waals surface area contributed by atoms with Gasteiger partial charge >= 0.3 is 0 Å². The number of aromatic nitrogens is 1. The molecule has 0 radical (unpaired) electrons. The molecule has 1 amide bonds. The minimum Gasteiger partial charge on any atom is -0.483 e. The fourth-order valence-corrected chi connectivity index (χ4v) is 3.75. The Labute approximate surface area is 176 Å². The first-order valence-corrected chi connectivity index (χ1v) is 10.3. The molecule has 5 nitrogen and oxygen atoms in total. The summed E-state index contributed by atoms with van der Waals surface area (Å²) in [5, 5.41) is 3.71. The Bertz CT molecular complexity index is 1020. The van der Waals surface area contributed by atoms with E-state index in [-0.39, 0.29) is 19.0 Å². The number of hydrogen-bond donors (Lipinski definition) is 1. The van der Waals surface area contributed by atoms with E-state index in [1.54, 1.807) is 12.1 Å². The van der Waals surface area contributed by atoms with Crippen LogP contribution in [0.25, 0.3) is 10.2 Å². The maximum atomic E-state index is 14.8. The Morgan fingerprint density at radius 2 is 2.00 bits per heavy atom. The van der Waals surface area contributed by atoms with Crippen LogP contribution in [0.4, 0.5) is 8.78 Å². The lowest BCUT2D eigenvalue weighted by molar-refractivity contribution is 0.0916. The Balaban J connectivity index is 1.74. The molecule has 29 heavy (non-hydrogen) atoms. The zero-order chi connectivity index (χ0) is 21.0. The highest BCUT2D eigenvalue weighted by molar-refractivity contribution is 7.18. The third-order valence-corrected chi connectivity index (χ3v) is 5.63. The molecule has 0 aliphatic carbocycles. The van der Waals surface area contributed by atoms with E-state index in [1.165, 1.54) is 11.3 Å².